The van der Waals surface area contributed by atoms with Gasteiger partial charge >= 0.3 is 0 Å². The molecule has 224 valence electrons. The number of ketones is 2. The molecule has 4 aromatic rings. The highest BCUT2D eigenvalue weighted by atomic mass is 19.1. The number of benzene rings is 3. The third kappa shape index (κ3) is 5.02. The lowest BCUT2D eigenvalue weighted by Crippen LogP contribution is -2.44. The second-order valence-corrected chi connectivity index (χ2v) is 14.5. The van der Waals surface area contributed by atoms with Crippen LogP contribution in [0.15, 0.2) is 108 Å². The van der Waals surface area contributed by atoms with E-state index in [-0.39, 0.29) is 28.2 Å². The summed E-state index contributed by atoms with van der Waals surface area (Å²) in [6, 6.07) is 25.2. The highest BCUT2D eigenvalue weighted by Crippen LogP contribution is 2.55. The number of hydrogen-bond donors (Lipinski definition) is 0. The molecule has 0 saturated carbocycles. The number of aromatic nitrogens is 1. The molecular weight excluding hydrogens is 547 g/mol. The monoisotopic (exact) mass is 586 g/mol. The minimum atomic E-state index is -0.418. The summed E-state index contributed by atoms with van der Waals surface area (Å²) in [5.41, 5.74) is 7.54. The van der Waals surface area contributed by atoms with Gasteiger partial charge in [-0.3, -0.25) is 9.59 Å². The number of nitrogens with zero attached hydrogens (tertiary/aromatic N) is 2. The standard InChI is InChI=1S/C39H39FN2O2/c1-38(2)18-31-36(33(43)20-38)35(29-24-41(30-13-9-8-12-28(29)30)22-26-14-16-27(40)17-15-26)37-32(19-39(3,4)21-34(37)44)42(31)23-25-10-6-5-7-11-25/h5-17,24,35H,18-23H2,1-4H3. The van der Waals surface area contributed by atoms with Gasteiger partial charge < -0.3 is 9.47 Å². The molecule has 0 spiro atoms. The van der Waals surface area contributed by atoms with E-state index in [9.17, 15) is 14.0 Å². The zero-order valence-corrected chi connectivity index (χ0v) is 26.0. The van der Waals surface area contributed by atoms with Gasteiger partial charge in [0.2, 0.25) is 0 Å². The highest BCUT2D eigenvalue weighted by molar-refractivity contribution is 6.08. The first kappa shape index (κ1) is 28.5. The molecule has 1 aromatic heterocycles. The summed E-state index contributed by atoms with van der Waals surface area (Å²) in [5.74, 6) is -0.401. The van der Waals surface area contributed by atoms with Crippen molar-refractivity contribution in [3.05, 3.63) is 130 Å². The van der Waals surface area contributed by atoms with Crippen molar-refractivity contribution in [2.24, 2.45) is 10.8 Å². The quantitative estimate of drug-likeness (QED) is 0.235. The number of para-hydroxylation sites is 1. The molecular formula is C39H39FN2O2. The second-order valence-electron chi connectivity index (χ2n) is 14.5. The fourth-order valence-corrected chi connectivity index (χ4v) is 7.74. The maximum Gasteiger partial charge on any atom is 0.162 e. The second kappa shape index (κ2) is 10.4. The fraction of sp³-hybridized carbons (Fsp3) is 0.333. The number of halogens is 1. The van der Waals surface area contributed by atoms with E-state index in [0.717, 1.165) is 63.0 Å². The minimum absolute atomic E-state index is 0.138. The van der Waals surface area contributed by atoms with Crippen LogP contribution in [0.25, 0.3) is 10.9 Å². The number of hydrogen-bond acceptors (Lipinski definition) is 3. The average molecular weight is 587 g/mol. The van der Waals surface area contributed by atoms with E-state index in [1.165, 1.54) is 12.1 Å². The van der Waals surface area contributed by atoms with Crippen LogP contribution in [0.4, 0.5) is 4.39 Å². The molecule has 0 radical (unpaired) electrons. The van der Waals surface area contributed by atoms with Crippen molar-refractivity contribution in [2.75, 3.05) is 0 Å². The van der Waals surface area contributed by atoms with Crippen molar-refractivity contribution in [2.45, 2.75) is 72.4 Å². The molecule has 3 aliphatic rings. The van der Waals surface area contributed by atoms with E-state index in [1.807, 2.05) is 30.3 Å². The largest absolute Gasteiger partial charge is 0.343 e. The third-order valence-corrected chi connectivity index (χ3v) is 9.60. The Hall–Kier alpha value is -4.25. The molecule has 3 aromatic carbocycles. The zero-order chi connectivity index (χ0) is 30.8. The summed E-state index contributed by atoms with van der Waals surface area (Å²) in [4.78, 5) is 31.0. The van der Waals surface area contributed by atoms with Gasteiger partial charge in [0.05, 0.1) is 0 Å². The summed E-state index contributed by atoms with van der Waals surface area (Å²) >= 11 is 0. The van der Waals surface area contributed by atoms with Gasteiger partial charge in [-0.2, -0.15) is 0 Å². The van der Waals surface area contributed by atoms with Crippen LogP contribution in [0.5, 0.6) is 0 Å². The van der Waals surface area contributed by atoms with Gasteiger partial charge in [0.15, 0.2) is 11.6 Å². The first-order valence-electron chi connectivity index (χ1n) is 15.7. The summed E-state index contributed by atoms with van der Waals surface area (Å²) < 4.78 is 15.9. The van der Waals surface area contributed by atoms with Crippen LogP contribution in [-0.2, 0) is 22.7 Å². The van der Waals surface area contributed by atoms with Crippen LogP contribution < -0.4 is 0 Å². The van der Waals surface area contributed by atoms with Gasteiger partial charge in [0.25, 0.3) is 0 Å². The van der Waals surface area contributed by atoms with E-state index >= 15 is 0 Å². The van der Waals surface area contributed by atoms with Crippen LogP contribution >= 0.6 is 0 Å². The lowest BCUT2D eigenvalue weighted by molar-refractivity contribution is -0.119. The Bertz CT molecular complexity index is 1800. The van der Waals surface area contributed by atoms with E-state index in [1.54, 1.807) is 0 Å². The molecule has 5 heteroatoms. The molecule has 0 atom stereocenters. The summed E-state index contributed by atoms with van der Waals surface area (Å²) in [5, 5.41) is 1.05. The normalized spacial score (nSPS) is 19.9. The van der Waals surface area contributed by atoms with Crippen LogP contribution in [0.1, 0.15) is 76.0 Å². The van der Waals surface area contributed by atoms with Gasteiger partial charge in [-0.05, 0) is 58.6 Å². The Kier molecular flexibility index (Phi) is 6.76. The molecule has 44 heavy (non-hydrogen) atoms. The number of allylic oxidation sites excluding steroid dienone is 4. The smallest absolute Gasteiger partial charge is 0.162 e. The number of fused-ring (bicyclic) bond motifs is 1. The van der Waals surface area contributed by atoms with Crippen molar-refractivity contribution in [3.63, 3.8) is 0 Å². The predicted octanol–water partition coefficient (Wildman–Crippen LogP) is 8.71. The fourth-order valence-electron chi connectivity index (χ4n) is 7.74. The van der Waals surface area contributed by atoms with Crippen LogP contribution in [0.3, 0.4) is 0 Å². The lowest BCUT2D eigenvalue weighted by atomic mass is 9.63. The van der Waals surface area contributed by atoms with Crippen molar-refractivity contribution >= 4 is 22.5 Å². The van der Waals surface area contributed by atoms with Crippen LogP contribution in [0, 0.1) is 16.6 Å². The van der Waals surface area contributed by atoms with Crippen molar-refractivity contribution < 1.29 is 14.0 Å². The van der Waals surface area contributed by atoms with Gasteiger partial charge in [-0.1, -0.05) is 88.4 Å². The molecule has 7 rings (SSSR count). The van der Waals surface area contributed by atoms with Gasteiger partial charge in [-0.15, -0.1) is 0 Å². The molecule has 1 aliphatic heterocycles. The maximum absolute atomic E-state index is 14.3. The number of rotatable bonds is 5. The SMILES string of the molecule is CC1(C)CC(=O)C2=C(C1)N(Cc1ccccc1)C1=C(C(=O)CC(C)(C)C1)C2c1cn(Cc2ccc(F)cc2)c2ccccc12. The number of carbonyl (C=O) groups is 2. The topological polar surface area (TPSA) is 42.3 Å². The van der Waals surface area contributed by atoms with Crippen LogP contribution in [-0.4, -0.2) is 21.0 Å². The minimum Gasteiger partial charge on any atom is -0.343 e. The summed E-state index contributed by atoms with van der Waals surface area (Å²) in [7, 11) is 0. The number of Topliss-reactive ketones (excluding diaryl/α,β-unsaturated/α-hetero) is 2. The molecule has 4 nitrogen and oxygen atoms in total. The van der Waals surface area contributed by atoms with Gasteiger partial charge in [-0.25, -0.2) is 4.39 Å². The maximum atomic E-state index is 14.3. The highest BCUT2D eigenvalue weighted by Gasteiger charge is 2.49. The first-order chi connectivity index (χ1) is 21.0. The van der Waals surface area contributed by atoms with E-state index in [4.69, 9.17) is 0 Å². The Morgan fingerprint density at radius 3 is 1.84 bits per heavy atom. The Balaban J connectivity index is 1.46. The van der Waals surface area contributed by atoms with E-state index < -0.39 is 5.92 Å². The molecule has 2 aliphatic carbocycles. The molecule has 0 bridgehead atoms. The first-order valence-corrected chi connectivity index (χ1v) is 15.7. The van der Waals surface area contributed by atoms with Gasteiger partial charge in [0.1, 0.15) is 5.82 Å². The lowest BCUT2D eigenvalue weighted by Gasteiger charge is -2.49. The Morgan fingerprint density at radius 1 is 0.682 bits per heavy atom. The Labute approximate surface area is 258 Å². The summed E-state index contributed by atoms with van der Waals surface area (Å²) in [6.07, 6.45) is 4.60. The third-order valence-electron chi connectivity index (χ3n) is 9.60. The van der Waals surface area contributed by atoms with Crippen molar-refractivity contribution in [1.29, 1.82) is 0 Å². The molecule has 2 heterocycles. The molecule has 0 unspecified atom stereocenters. The molecule has 0 fully saturated rings. The van der Waals surface area contributed by atoms with Crippen molar-refractivity contribution in [3.8, 4) is 0 Å². The molecule has 0 saturated heterocycles. The van der Waals surface area contributed by atoms with Crippen molar-refractivity contribution in [1.82, 2.24) is 9.47 Å². The van der Waals surface area contributed by atoms with E-state index in [0.29, 0.717) is 25.9 Å². The zero-order valence-electron chi connectivity index (χ0n) is 26.0. The molecule has 0 N–H and O–H groups in total. The van der Waals surface area contributed by atoms with E-state index in [2.05, 4.69) is 79.8 Å². The Morgan fingerprint density at radius 2 is 1.23 bits per heavy atom. The predicted molar refractivity (Wildman–Crippen MR) is 172 cm³/mol. The summed E-state index contributed by atoms with van der Waals surface area (Å²) in [6.45, 7) is 9.91. The van der Waals surface area contributed by atoms with Crippen LogP contribution in [0.2, 0.25) is 0 Å². The number of carbonyl (C=O) groups excluding carboxylic acids is 2. The average Bonchev–Trinajstić information content (AvgIpc) is 3.32. The molecule has 0 amide bonds. The van der Waals surface area contributed by atoms with Gasteiger partial charge in [0, 0.05) is 71.5 Å².